The lowest BCUT2D eigenvalue weighted by Gasteiger charge is -2.21. The molecule has 1 saturated heterocycles. The van der Waals surface area contributed by atoms with Gasteiger partial charge in [0.05, 0.1) is 23.7 Å². The van der Waals surface area contributed by atoms with Crippen LogP contribution in [0.2, 0.25) is 0 Å². The minimum atomic E-state index is -0.134. The monoisotopic (exact) mass is 480 g/mol. The van der Waals surface area contributed by atoms with E-state index in [0.717, 1.165) is 36.9 Å². The zero-order valence-corrected chi connectivity index (χ0v) is 18.8. The molecule has 1 fully saturated rings. The molecule has 1 aromatic heterocycles. The molecule has 2 unspecified atom stereocenters. The Morgan fingerprint density at radius 1 is 1.48 bits per heavy atom. The Kier molecular flexibility index (Phi) is 9.12. The van der Waals surface area contributed by atoms with Crippen molar-refractivity contribution in [3.8, 4) is 0 Å². The molecule has 1 aromatic rings. The van der Waals surface area contributed by atoms with Gasteiger partial charge in [0.2, 0.25) is 0 Å². The number of methoxy groups -OCH3 is 1. The van der Waals surface area contributed by atoms with E-state index in [0.29, 0.717) is 6.54 Å². The first-order valence-corrected chi connectivity index (χ1v) is 9.30. The zero-order chi connectivity index (χ0) is 17.7. The van der Waals surface area contributed by atoms with Gasteiger partial charge in [0.15, 0.2) is 5.96 Å². The number of likely N-dealkylation sites (tertiary alicyclic amines) is 1. The van der Waals surface area contributed by atoms with E-state index in [1.807, 2.05) is 0 Å². The molecular weight excluding hydrogens is 451 g/mol. The standard InChI is InChI=1S/C17H28N4O2S.HI/c1-6-14-12(3)24-15(20-14)7-8-19-17(18-4)21-9-11(2)13(10-21)16(22)23-5;/h11,13H,6-10H2,1-5H3,(H,18,19);1H. The first-order chi connectivity index (χ1) is 11.5. The van der Waals surface area contributed by atoms with Crippen molar-refractivity contribution in [1.29, 1.82) is 0 Å². The SMILES string of the molecule is CCc1nc(CCNC(=NC)N2CC(C)C(C(=O)OC)C2)sc1C.I. The third-order valence-corrected chi connectivity index (χ3v) is 5.59. The molecule has 0 spiro atoms. The first-order valence-electron chi connectivity index (χ1n) is 8.48. The molecule has 1 N–H and O–H groups in total. The molecule has 0 radical (unpaired) electrons. The summed E-state index contributed by atoms with van der Waals surface area (Å²) >= 11 is 1.77. The van der Waals surface area contributed by atoms with E-state index in [4.69, 9.17) is 4.74 Å². The highest BCUT2D eigenvalue weighted by Gasteiger charge is 2.36. The topological polar surface area (TPSA) is 66.8 Å². The van der Waals surface area contributed by atoms with Crippen molar-refractivity contribution in [1.82, 2.24) is 15.2 Å². The fourth-order valence-corrected chi connectivity index (χ4v) is 4.16. The number of nitrogens with one attached hydrogen (secondary N) is 1. The predicted octanol–water partition coefficient (Wildman–Crippen LogP) is 2.49. The minimum absolute atomic E-state index is 0. The number of hydrogen-bond acceptors (Lipinski definition) is 5. The average Bonchev–Trinajstić information content (AvgIpc) is 3.13. The lowest BCUT2D eigenvalue weighted by Crippen LogP contribution is -2.41. The van der Waals surface area contributed by atoms with Gasteiger partial charge in [-0.25, -0.2) is 4.98 Å². The summed E-state index contributed by atoms with van der Waals surface area (Å²) in [4.78, 5) is 24.3. The van der Waals surface area contributed by atoms with E-state index in [9.17, 15) is 4.79 Å². The minimum Gasteiger partial charge on any atom is -0.469 e. The zero-order valence-electron chi connectivity index (χ0n) is 15.7. The third kappa shape index (κ3) is 5.54. The average molecular weight is 480 g/mol. The number of thiazole rings is 1. The van der Waals surface area contributed by atoms with Gasteiger partial charge in [-0.05, 0) is 19.3 Å². The molecule has 1 aliphatic rings. The van der Waals surface area contributed by atoms with E-state index in [1.54, 1.807) is 18.4 Å². The van der Waals surface area contributed by atoms with Gasteiger partial charge in [-0.15, -0.1) is 35.3 Å². The highest BCUT2D eigenvalue weighted by molar-refractivity contribution is 14.0. The number of halogens is 1. The number of hydrogen-bond donors (Lipinski definition) is 1. The maximum atomic E-state index is 11.8. The van der Waals surface area contributed by atoms with Crippen LogP contribution < -0.4 is 5.32 Å². The molecule has 2 atom stereocenters. The smallest absolute Gasteiger partial charge is 0.310 e. The summed E-state index contributed by atoms with van der Waals surface area (Å²) in [5.74, 6) is 0.898. The normalized spacial score (nSPS) is 20.4. The fourth-order valence-electron chi connectivity index (χ4n) is 3.13. The van der Waals surface area contributed by atoms with Crippen LogP contribution in [0.1, 0.15) is 29.4 Å². The molecule has 2 heterocycles. The van der Waals surface area contributed by atoms with Crippen molar-refractivity contribution in [2.75, 3.05) is 33.8 Å². The number of rotatable bonds is 5. The maximum absolute atomic E-state index is 11.8. The van der Waals surface area contributed by atoms with E-state index < -0.39 is 0 Å². The number of aliphatic imine (C=N–C) groups is 1. The number of esters is 1. The third-order valence-electron chi connectivity index (χ3n) is 4.52. The summed E-state index contributed by atoms with van der Waals surface area (Å²) in [6, 6.07) is 0. The Balaban J connectivity index is 0.00000312. The second kappa shape index (κ2) is 10.3. The Bertz CT molecular complexity index is 605. The van der Waals surface area contributed by atoms with Crippen LogP contribution in [0.3, 0.4) is 0 Å². The number of aryl methyl sites for hydroxylation is 2. The quantitative estimate of drug-likeness (QED) is 0.304. The molecule has 25 heavy (non-hydrogen) atoms. The summed E-state index contributed by atoms with van der Waals surface area (Å²) in [6.07, 6.45) is 1.87. The lowest BCUT2D eigenvalue weighted by atomic mass is 9.99. The molecule has 1 aliphatic heterocycles. The number of aromatic nitrogens is 1. The van der Waals surface area contributed by atoms with Gasteiger partial charge in [0, 0.05) is 38.0 Å². The number of guanidine groups is 1. The van der Waals surface area contributed by atoms with Crippen molar-refractivity contribution in [3.63, 3.8) is 0 Å². The van der Waals surface area contributed by atoms with Crippen LogP contribution in [0, 0.1) is 18.8 Å². The Hall–Kier alpha value is -0.900. The van der Waals surface area contributed by atoms with Gasteiger partial charge < -0.3 is 15.0 Å². The number of ether oxygens (including phenoxy) is 1. The van der Waals surface area contributed by atoms with E-state index in [-0.39, 0.29) is 41.8 Å². The Labute approximate surface area is 171 Å². The van der Waals surface area contributed by atoms with Gasteiger partial charge in [0.1, 0.15) is 0 Å². The number of nitrogens with zero attached hydrogens (tertiary/aromatic N) is 3. The van der Waals surface area contributed by atoms with Crippen molar-refractivity contribution in [3.05, 3.63) is 15.6 Å². The second-order valence-electron chi connectivity index (χ2n) is 6.20. The van der Waals surface area contributed by atoms with Gasteiger partial charge in [-0.1, -0.05) is 13.8 Å². The van der Waals surface area contributed by atoms with Crippen LogP contribution in [0.4, 0.5) is 0 Å². The highest BCUT2D eigenvalue weighted by Crippen LogP contribution is 2.24. The van der Waals surface area contributed by atoms with Crippen molar-refractivity contribution in [2.45, 2.75) is 33.6 Å². The lowest BCUT2D eigenvalue weighted by molar-refractivity contribution is -0.145. The summed E-state index contributed by atoms with van der Waals surface area (Å²) in [6.45, 7) is 8.61. The second-order valence-corrected chi connectivity index (χ2v) is 7.49. The van der Waals surface area contributed by atoms with Gasteiger partial charge in [-0.2, -0.15) is 0 Å². The van der Waals surface area contributed by atoms with Crippen molar-refractivity contribution >= 4 is 47.2 Å². The molecule has 0 saturated carbocycles. The molecule has 2 rings (SSSR count). The van der Waals surface area contributed by atoms with Crippen LogP contribution in [0.5, 0.6) is 0 Å². The van der Waals surface area contributed by atoms with Crippen molar-refractivity contribution < 1.29 is 9.53 Å². The molecule has 8 heteroatoms. The van der Waals surface area contributed by atoms with Gasteiger partial charge >= 0.3 is 5.97 Å². The maximum Gasteiger partial charge on any atom is 0.310 e. The van der Waals surface area contributed by atoms with Crippen molar-refractivity contribution in [2.24, 2.45) is 16.8 Å². The Morgan fingerprint density at radius 2 is 2.20 bits per heavy atom. The summed E-state index contributed by atoms with van der Waals surface area (Å²) in [7, 11) is 3.23. The molecule has 0 bridgehead atoms. The van der Waals surface area contributed by atoms with Crippen LogP contribution >= 0.6 is 35.3 Å². The molecule has 6 nitrogen and oxygen atoms in total. The van der Waals surface area contributed by atoms with Crippen LogP contribution in [-0.4, -0.2) is 55.6 Å². The van der Waals surface area contributed by atoms with Gasteiger partial charge in [0.25, 0.3) is 0 Å². The van der Waals surface area contributed by atoms with Gasteiger partial charge in [-0.3, -0.25) is 9.79 Å². The molecular formula is C17H29IN4O2S. The largest absolute Gasteiger partial charge is 0.469 e. The fraction of sp³-hybridized carbons (Fsp3) is 0.706. The first kappa shape index (κ1) is 22.1. The van der Waals surface area contributed by atoms with Crippen LogP contribution in [-0.2, 0) is 22.4 Å². The summed E-state index contributed by atoms with van der Waals surface area (Å²) < 4.78 is 4.90. The number of carbonyl (C=O) groups excluding carboxylic acids is 1. The summed E-state index contributed by atoms with van der Waals surface area (Å²) in [5, 5.41) is 4.56. The van der Waals surface area contributed by atoms with E-state index >= 15 is 0 Å². The highest BCUT2D eigenvalue weighted by atomic mass is 127. The van der Waals surface area contributed by atoms with E-state index in [1.165, 1.54) is 17.7 Å². The van der Waals surface area contributed by atoms with E-state index in [2.05, 4.69) is 41.0 Å². The summed E-state index contributed by atoms with van der Waals surface area (Å²) in [5.41, 5.74) is 1.20. The number of carbonyl (C=O) groups is 1. The predicted molar refractivity (Wildman–Crippen MR) is 113 cm³/mol. The van der Waals surface area contributed by atoms with Crippen LogP contribution in [0.15, 0.2) is 4.99 Å². The molecule has 0 aromatic carbocycles. The molecule has 142 valence electrons. The van der Waals surface area contributed by atoms with Crippen LogP contribution in [0.25, 0.3) is 0 Å². The Morgan fingerprint density at radius 3 is 2.76 bits per heavy atom. The molecule has 0 amide bonds. The molecule has 0 aliphatic carbocycles.